The highest BCUT2D eigenvalue weighted by molar-refractivity contribution is 8.10. The largest absolute Gasteiger partial charge is 0.499 e. The Morgan fingerprint density at radius 2 is 1.26 bits per heavy atom. The van der Waals surface area contributed by atoms with Crippen LogP contribution >= 0.6 is 0 Å². The average molecular weight is 578 g/mol. The summed E-state index contributed by atoms with van der Waals surface area (Å²) in [5.74, 6) is -7.53. The first-order valence-corrected chi connectivity index (χ1v) is 13.6. The van der Waals surface area contributed by atoms with Crippen LogP contribution in [0.1, 0.15) is 46.0 Å². The highest BCUT2D eigenvalue weighted by Crippen LogP contribution is 2.52. The number of alkyl halides is 9. The van der Waals surface area contributed by atoms with Gasteiger partial charge in [-0.2, -0.15) is 44.8 Å². The predicted octanol–water partition coefficient (Wildman–Crippen LogP) is 3.28. The number of nitriles is 1. The molecular weight excluding hydrogens is 559 g/mol. The summed E-state index contributed by atoms with van der Waals surface area (Å²) in [7, 11) is -22.3. The summed E-state index contributed by atoms with van der Waals surface area (Å²) in [6.45, 7) is 2.89. The first-order valence-electron chi connectivity index (χ1n) is 9.02. The zero-order chi connectivity index (χ0) is 27.6. The molecule has 0 radical (unpaired) electrons. The Balaban J connectivity index is 6.58. The summed E-state index contributed by atoms with van der Waals surface area (Å²) in [5, 5.41) is -6.06. The van der Waals surface area contributed by atoms with Crippen molar-refractivity contribution >= 4 is 29.7 Å². The van der Waals surface area contributed by atoms with Crippen LogP contribution in [0.4, 0.5) is 39.5 Å². The Morgan fingerprint density at radius 3 is 1.62 bits per heavy atom. The molecule has 0 aliphatic rings. The summed E-state index contributed by atoms with van der Waals surface area (Å²) in [5.41, 5.74) is -6.76. The van der Waals surface area contributed by atoms with Crippen LogP contribution < -0.4 is 4.72 Å². The predicted molar refractivity (Wildman–Crippen MR) is 98.4 cm³/mol. The summed E-state index contributed by atoms with van der Waals surface area (Å²) in [6, 6.07) is -1.79. The number of rotatable bonds is 13. The van der Waals surface area contributed by atoms with Crippen LogP contribution in [0.2, 0.25) is 0 Å². The number of nitrogens with one attached hydrogen (secondary N) is 1. The standard InChI is InChI=1S/C14H19F9N2O6S3/c1-3-5-6-7-9(4-2)25-34(30,31)13(19,20)11(15,16)12(17,18)32(26,27)10(8-24)33(28,29)14(21,22)23/h9-10,25H,3-7H2,1-2H3. The van der Waals surface area contributed by atoms with E-state index in [0.717, 1.165) is 4.72 Å². The molecule has 202 valence electrons. The van der Waals surface area contributed by atoms with E-state index in [4.69, 9.17) is 5.26 Å². The normalized spacial score (nSPS) is 16.6. The van der Waals surface area contributed by atoms with Crippen LogP contribution in [0, 0.1) is 11.3 Å². The van der Waals surface area contributed by atoms with E-state index in [0.29, 0.717) is 12.8 Å². The molecule has 0 aromatic rings. The highest BCUT2D eigenvalue weighted by atomic mass is 32.3. The molecule has 0 fully saturated rings. The SMILES string of the molecule is CCCCCC(CC)NS(=O)(=O)C(F)(F)C(F)(F)C(F)(F)S(=O)(=O)C(C#N)S(=O)(=O)C(F)(F)F. The van der Waals surface area contributed by atoms with Gasteiger partial charge >= 0.3 is 21.9 Å². The Bertz CT molecular complexity index is 1080. The lowest BCUT2D eigenvalue weighted by molar-refractivity contribution is -0.244. The maximum absolute atomic E-state index is 14.2. The summed E-state index contributed by atoms with van der Waals surface area (Å²) in [6.07, 6.45) is 0.649. The highest BCUT2D eigenvalue weighted by Gasteiger charge is 2.83. The smallest absolute Gasteiger partial charge is 0.220 e. The van der Waals surface area contributed by atoms with Crippen LogP contribution in [0.25, 0.3) is 0 Å². The molecule has 0 saturated heterocycles. The lowest BCUT2D eigenvalue weighted by Gasteiger charge is -2.33. The first kappa shape index (κ1) is 32.7. The number of sulfone groups is 2. The van der Waals surface area contributed by atoms with Crippen molar-refractivity contribution in [2.24, 2.45) is 0 Å². The molecule has 0 amide bonds. The van der Waals surface area contributed by atoms with E-state index in [2.05, 4.69) is 0 Å². The van der Waals surface area contributed by atoms with Crippen LogP contribution in [0.5, 0.6) is 0 Å². The molecule has 8 nitrogen and oxygen atoms in total. The minimum absolute atomic E-state index is 0.184. The molecule has 1 N–H and O–H groups in total. The van der Waals surface area contributed by atoms with E-state index in [1.54, 1.807) is 6.92 Å². The van der Waals surface area contributed by atoms with Gasteiger partial charge in [-0.3, -0.25) is 0 Å². The van der Waals surface area contributed by atoms with Gasteiger partial charge in [-0.15, -0.1) is 0 Å². The zero-order valence-electron chi connectivity index (χ0n) is 17.2. The number of unbranched alkanes of at least 4 members (excludes halogenated alkanes) is 2. The second-order valence-corrected chi connectivity index (χ2v) is 13.0. The van der Waals surface area contributed by atoms with Crippen molar-refractivity contribution in [3.05, 3.63) is 0 Å². The van der Waals surface area contributed by atoms with Crippen LogP contribution in [-0.2, 0) is 29.7 Å². The third-order valence-corrected chi connectivity index (χ3v) is 10.4. The summed E-state index contributed by atoms with van der Waals surface area (Å²) >= 11 is 0. The van der Waals surface area contributed by atoms with E-state index < -0.39 is 62.3 Å². The minimum atomic E-state index is -7.97. The Hall–Kier alpha value is -1.33. The Morgan fingerprint density at radius 1 is 0.794 bits per heavy atom. The molecule has 34 heavy (non-hydrogen) atoms. The van der Waals surface area contributed by atoms with Gasteiger partial charge in [-0.05, 0) is 12.8 Å². The topological polar surface area (TPSA) is 138 Å². The van der Waals surface area contributed by atoms with Crippen molar-refractivity contribution < 1.29 is 64.8 Å². The molecule has 0 rings (SSSR count). The van der Waals surface area contributed by atoms with Crippen molar-refractivity contribution in [3.63, 3.8) is 0 Å². The molecule has 2 unspecified atom stereocenters. The number of nitrogens with zero attached hydrogens (tertiary/aromatic N) is 1. The van der Waals surface area contributed by atoms with Crippen molar-refractivity contribution in [2.45, 2.75) is 78.5 Å². The fraction of sp³-hybridized carbons (Fsp3) is 0.929. The van der Waals surface area contributed by atoms with Gasteiger partial charge in [0.2, 0.25) is 0 Å². The van der Waals surface area contributed by atoms with E-state index in [9.17, 15) is 64.8 Å². The van der Waals surface area contributed by atoms with E-state index in [1.165, 1.54) is 6.92 Å². The number of hydrogen-bond donors (Lipinski definition) is 1. The van der Waals surface area contributed by atoms with Gasteiger partial charge in [0.05, 0.1) is 6.07 Å². The molecule has 0 aromatic heterocycles. The maximum atomic E-state index is 14.2. The minimum Gasteiger partial charge on any atom is -0.220 e. The van der Waals surface area contributed by atoms with Gasteiger partial charge < -0.3 is 0 Å². The number of hydrogen-bond acceptors (Lipinski definition) is 7. The van der Waals surface area contributed by atoms with Crippen molar-refractivity contribution in [1.29, 1.82) is 5.26 Å². The Kier molecular flexibility index (Phi) is 9.94. The van der Waals surface area contributed by atoms with E-state index in [-0.39, 0.29) is 25.3 Å². The molecule has 0 spiro atoms. The fourth-order valence-electron chi connectivity index (χ4n) is 2.36. The monoisotopic (exact) mass is 578 g/mol. The molecule has 20 heteroatoms. The Labute approximate surface area is 189 Å². The fourth-order valence-corrected chi connectivity index (χ4v) is 7.06. The third-order valence-electron chi connectivity index (χ3n) is 4.39. The van der Waals surface area contributed by atoms with Crippen LogP contribution in [-0.4, -0.2) is 57.8 Å². The number of halogens is 9. The summed E-state index contributed by atoms with van der Waals surface area (Å²) < 4.78 is 188. The van der Waals surface area contributed by atoms with Gasteiger partial charge in [0.1, 0.15) is 0 Å². The van der Waals surface area contributed by atoms with Crippen molar-refractivity contribution in [1.82, 2.24) is 4.72 Å². The van der Waals surface area contributed by atoms with Gasteiger partial charge in [-0.25, -0.2) is 30.0 Å². The molecule has 0 aliphatic heterocycles. The van der Waals surface area contributed by atoms with E-state index in [1.807, 2.05) is 0 Å². The molecule has 2 atom stereocenters. The number of sulfonamides is 1. The second kappa shape index (κ2) is 10.3. The lowest BCUT2D eigenvalue weighted by atomic mass is 10.1. The maximum Gasteiger partial charge on any atom is 0.499 e. The molecule has 0 heterocycles. The van der Waals surface area contributed by atoms with Crippen molar-refractivity contribution in [2.75, 3.05) is 0 Å². The molecule has 0 saturated carbocycles. The van der Waals surface area contributed by atoms with Gasteiger partial charge in [0.25, 0.3) is 34.3 Å². The van der Waals surface area contributed by atoms with Crippen molar-refractivity contribution in [3.8, 4) is 6.07 Å². The molecule has 0 aromatic carbocycles. The zero-order valence-corrected chi connectivity index (χ0v) is 19.7. The molecule has 0 bridgehead atoms. The summed E-state index contributed by atoms with van der Waals surface area (Å²) in [4.78, 5) is 0. The first-order chi connectivity index (χ1) is 14.9. The lowest BCUT2D eigenvalue weighted by Crippen LogP contribution is -2.65. The van der Waals surface area contributed by atoms with Crippen LogP contribution in [0.15, 0.2) is 0 Å². The van der Waals surface area contributed by atoms with Crippen LogP contribution in [0.3, 0.4) is 0 Å². The molecular formula is C14H19F9N2O6S3. The van der Waals surface area contributed by atoms with Gasteiger partial charge in [0.15, 0.2) is 0 Å². The van der Waals surface area contributed by atoms with Gasteiger partial charge in [-0.1, -0.05) is 33.1 Å². The second-order valence-electron chi connectivity index (χ2n) is 6.83. The van der Waals surface area contributed by atoms with E-state index >= 15 is 0 Å². The molecule has 0 aliphatic carbocycles. The third kappa shape index (κ3) is 5.56. The quantitative estimate of drug-likeness (QED) is 0.262. The average Bonchev–Trinajstić information content (AvgIpc) is 2.65. The van der Waals surface area contributed by atoms with Gasteiger partial charge in [0, 0.05) is 6.04 Å².